The summed E-state index contributed by atoms with van der Waals surface area (Å²) in [6.07, 6.45) is 3.95. The summed E-state index contributed by atoms with van der Waals surface area (Å²) in [6, 6.07) is 3.53. The summed E-state index contributed by atoms with van der Waals surface area (Å²) in [7, 11) is 0. The molecular formula is C18H23N5O3S. The zero-order valence-electron chi connectivity index (χ0n) is 15.6. The van der Waals surface area contributed by atoms with Crippen LogP contribution in [0.1, 0.15) is 46.5 Å². The van der Waals surface area contributed by atoms with Crippen LogP contribution in [-0.4, -0.2) is 29.1 Å². The highest BCUT2D eigenvalue weighted by Crippen LogP contribution is 2.42. The topological polar surface area (TPSA) is 135 Å². The summed E-state index contributed by atoms with van der Waals surface area (Å²) in [6.45, 7) is 4.89. The Hall–Kier alpha value is -2.52. The molecule has 0 aromatic heterocycles. The standard InChI is InChI=1S/C18H23N5O3S/c1-10(14(24)23-17(26)21-11-6-4-5-7-11)27-16-13(9-20)18(2,3)12(8-19)15(25)22-16/h10-12H,4-7H2,1-3H3,(H,22,25)(H2,21,23,24,26)/t10-,12+/m0/s1. The van der Waals surface area contributed by atoms with Gasteiger partial charge in [0.15, 0.2) is 0 Å². The maximum atomic E-state index is 12.3. The molecule has 2 atom stereocenters. The smallest absolute Gasteiger partial charge is 0.321 e. The van der Waals surface area contributed by atoms with Gasteiger partial charge in [0.1, 0.15) is 5.92 Å². The first-order valence-corrected chi connectivity index (χ1v) is 9.72. The highest BCUT2D eigenvalue weighted by molar-refractivity contribution is 8.04. The summed E-state index contributed by atoms with van der Waals surface area (Å²) in [5.41, 5.74) is -0.724. The van der Waals surface area contributed by atoms with Gasteiger partial charge >= 0.3 is 6.03 Å². The lowest BCUT2D eigenvalue weighted by Crippen LogP contribution is -2.47. The number of urea groups is 1. The normalized spacial score (nSPS) is 23.0. The molecule has 2 aliphatic rings. The lowest BCUT2D eigenvalue weighted by atomic mass is 9.72. The van der Waals surface area contributed by atoms with Gasteiger partial charge in [-0.3, -0.25) is 14.9 Å². The van der Waals surface area contributed by atoms with E-state index in [0.717, 1.165) is 37.4 Å². The number of nitrogens with one attached hydrogen (secondary N) is 3. The summed E-state index contributed by atoms with van der Waals surface area (Å²) < 4.78 is 0. The van der Waals surface area contributed by atoms with E-state index in [-0.39, 0.29) is 16.6 Å². The van der Waals surface area contributed by atoms with Gasteiger partial charge in [0.2, 0.25) is 11.8 Å². The van der Waals surface area contributed by atoms with E-state index in [1.54, 1.807) is 20.8 Å². The fraction of sp³-hybridized carbons (Fsp3) is 0.611. The Kier molecular flexibility index (Phi) is 6.50. The van der Waals surface area contributed by atoms with Gasteiger partial charge in [0.05, 0.1) is 28.0 Å². The number of thioether (sulfide) groups is 1. The van der Waals surface area contributed by atoms with Gasteiger partial charge in [-0.2, -0.15) is 10.5 Å². The monoisotopic (exact) mass is 389 g/mol. The minimum absolute atomic E-state index is 0.0926. The van der Waals surface area contributed by atoms with Crippen LogP contribution in [-0.2, 0) is 9.59 Å². The molecule has 0 saturated heterocycles. The first-order chi connectivity index (χ1) is 12.7. The molecule has 1 heterocycles. The molecule has 1 fully saturated rings. The average molecular weight is 389 g/mol. The molecule has 3 N–H and O–H groups in total. The van der Waals surface area contributed by atoms with Crippen LogP contribution in [0.3, 0.4) is 0 Å². The molecule has 1 saturated carbocycles. The Morgan fingerprint density at radius 3 is 2.48 bits per heavy atom. The Bertz CT molecular complexity index is 756. The van der Waals surface area contributed by atoms with Crippen LogP contribution in [0.2, 0.25) is 0 Å². The molecule has 1 aliphatic heterocycles. The van der Waals surface area contributed by atoms with Gasteiger partial charge < -0.3 is 10.6 Å². The number of rotatable bonds is 4. The third-order valence-corrected chi connectivity index (χ3v) is 6.03. The molecule has 0 spiro atoms. The number of amides is 4. The predicted molar refractivity (Wildman–Crippen MR) is 99.6 cm³/mol. The van der Waals surface area contributed by atoms with Gasteiger partial charge in [-0.1, -0.05) is 38.5 Å². The van der Waals surface area contributed by atoms with Crippen LogP contribution in [0.5, 0.6) is 0 Å². The fourth-order valence-corrected chi connectivity index (χ4v) is 4.36. The van der Waals surface area contributed by atoms with Crippen LogP contribution in [0, 0.1) is 34.0 Å². The van der Waals surface area contributed by atoms with E-state index >= 15 is 0 Å². The van der Waals surface area contributed by atoms with E-state index in [1.807, 2.05) is 12.1 Å². The molecule has 4 amide bonds. The van der Waals surface area contributed by atoms with Gasteiger partial charge in [0.25, 0.3) is 0 Å². The highest BCUT2D eigenvalue weighted by Gasteiger charge is 2.45. The number of allylic oxidation sites excluding steroid dienone is 1. The van der Waals surface area contributed by atoms with Gasteiger partial charge in [-0.25, -0.2) is 4.79 Å². The van der Waals surface area contributed by atoms with E-state index in [4.69, 9.17) is 0 Å². The van der Waals surface area contributed by atoms with Gasteiger partial charge in [-0.15, -0.1) is 0 Å². The lowest BCUT2D eigenvalue weighted by molar-refractivity contribution is -0.125. The van der Waals surface area contributed by atoms with E-state index < -0.39 is 34.4 Å². The summed E-state index contributed by atoms with van der Waals surface area (Å²) in [4.78, 5) is 36.4. The highest BCUT2D eigenvalue weighted by atomic mass is 32.2. The largest absolute Gasteiger partial charge is 0.335 e. The van der Waals surface area contributed by atoms with Crippen LogP contribution in [0.15, 0.2) is 10.6 Å². The third-order valence-electron chi connectivity index (χ3n) is 4.92. The minimum Gasteiger partial charge on any atom is -0.335 e. The van der Waals surface area contributed by atoms with Crippen LogP contribution >= 0.6 is 11.8 Å². The molecule has 0 bridgehead atoms. The first kappa shape index (κ1) is 20.8. The van der Waals surface area contributed by atoms with E-state index in [9.17, 15) is 24.9 Å². The summed E-state index contributed by atoms with van der Waals surface area (Å²) >= 11 is 0.988. The Balaban J connectivity index is 2.05. The van der Waals surface area contributed by atoms with Crippen molar-refractivity contribution in [1.29, 1.82) is 10.5 Å². The third kappa shape index (κ3) is 4.61. The first-order valence-electron chi connectivity index (χ1n) is 8.84. The maximum absolute atomic E-state index is 12.3. The number of hydrogen-bond acceptors (Lipinski definition) is 6. The van der Waals surface area contributed by atoms with E-state index in [2.05, 4.69) is 16.0 Å². The molecule has 27 heavy (non-hydrogen) atoms. The van der Waals surface area contributed by atoms with Crippen molar-refractivity contribution in [2.45, 2.75) is 57.7 Å². The molecule has 2 rings (SSSR count). The van der Waals surface area contributed by atoms with Gasteiger partial charge in [-0.05, 0) is 19.8 Å². The van der Waals surface area contributed by atoms with Crippen molar-refractivity contribution >= 4 is 29.6 Å². The van der Waals surface area contributed by atoms with Crippen molar-refractivity contribution in [3.05, 3.63) is 10.6 Å². The SMILES string of the molecule is C[C@H](SC1=C(C#N)C(C)(C)[C@H](C#N)C(=O)N1)C(=O)NC(=O)NC1CCCC1. The van der Waals surface area contributed by atoms with Crippen LogP contribution < -0.4 is 16.0 Å². The molecule has 9 heteroatoms. The second-order valence-corrected chi connectivity index (χ2v) is 8.64. The summed E-state index contributed by atoms with van der Waals surface area (Å²) in [5.74, 6) is -2.01. The quantitative estimate of drug-likeness (QED) is 0.672. The minimum atomic E-state index is -0.988. The number of nitriles is 2. The average Bonchev–Trinajstić information content (AvgIpc) is 3.07. The van der Waals surface area contributed by atoms with Crippen molar-refractivity contribution in [3.8, 4) is 12.1 Å². The summed E-state index contributed by atoms with van der Waals surface area (Å²) in [5, 5.41) is 25.9. The number of carbonyl (C=O) groups excluding carboxylic acids is 3. The predicted octanol–water partition coefficient (Wildman–Crippen LogP) is 1.91. The van der Waals surface area contributed by atoms with Crippen molar-refractivity contribution in [3.63, 3.8) is 0 Å². The number of hydrogen-bond donors (Lipinski definition) is 3. The molecule has 0 radical (unpaired) electrons. The van der Waals surface area contributed by atoms with Crippen molar-refractivity contribution in [2.75, 3.05) is 0 Å². The van der Waals surface area contributed by atoms with Crippen molar-refractivity contribution in [1.82, 2.24) is 16.0 Å². The lowest BCUT2D eigenvalue weighted by Gasteiger charge is -2.35. The van der Waals surface area contributed by atoms with E-state index in [0.29, 0.717) is 0 Å². The second kappa shape index (κ2) is 8.45. The zero-order valence-corrected chi connectivity index (χ0v) is 16.4. The maximum Gasteiger partial charge on any atom is 0.321 e. The zero-order chi connectivity index (χ0) is 20.2. The van der Waals surface area contributed by atoms with Crippen molar-refractivity contribution < 1.29 is 14.4 Å². The van der Waals surface area contributed by atoms with Crippen LogP contribution in [0.4, 0.5) is 4.79 Å². The van der Waals surface area contributed by atoms with Crippen LogP contribution in [0.25, 0.3) is 0 Å². The molecule has 8 nitrogen and oxygen atoms in total. The molecule has 0 aromatic carbocycles. The molecule has 0 aromatic rings. The Morgan fingerprint density at radius 1 is 1.30 bits per heavy atom. The second-order valence-electron chi connectivity index (χ2n) is 7.29. The Morgan fingerprint density at radius 2 is 1.93 bits per heavy atom. The number of nitrogens with zero attached hydrogens (tertiary/aromatic N) is 2. The fourth-order valence-electron chi connectivity index (χ4n) is 3.25. The van der Waals surface area contributed by atoms with Crippen molar-refractivity contribution in [2.24, 2.45) is 11.3 Å². The molecular weight excluding hydrogens is 366 g/mol. The van der Waals surface area contributed by atoms with E-state index in [1.165, 1.54) is 0 Å². The number of imide groups is 1. The van der Waals surface area contributed by atoms with Gasteiger partial charge in [0, 0.05) is 11.5 Å². The molecule has 1 aliphatic carbocycles. The number of carbonyl (C=O) groups is 3. The Labute approximate surface area is 162 Å². The molecule has 144 valence electrons. The molecule has 0 unspecified atom stereocenters.